The monoisotopic (exact) mass is 349 g/mol. The molecular weight excluding hydrogens is 326 g/mol. The zero-order valence-electron chi connectivity index (χ0n) is 14.8. The van der Waals surface area contributed by atoms with Crippen molar-refractivity contribution in [1.29, 1.82) is 5.26 Å². The van der Waals surface area contributed by atoms with Gasteiger partial charge in [0.05, 0.1) is 18.1 Å². The Balaban J connectivity index is 1.33. The van der Waals surface area contributed by atoms with E-state index in [1.54, 1.807) is 11.1 Å². The van der Waals surface area contributed by atoms with E-state index in [1.165, 1.54) is 0 Å². The number of benzene rings is 1. The largest absolute Gasteiger partial charge is 0.381 e. The minimum absolute atomic E-state index is 0.0893. The molecule has 2 atom stereocenters. The average Bonchev–Trinajstić information content (AvgIpc) is 3.30. The zero-order chi connectivity index (χ0) is 17.9. The predicted molar refractivity (Wildman–Crippen MR) is 101 cm³/mol. The molecule has 26 heavy (non-hydrogen) atoms. The number of nitrogens with one attached hydrogen (secondary N) is 1. The average molecular weight is 349 g/mol. The molecule has 1 aromatic heterocycles. The van der Waals surface area contributed by atoms with Crippen LogP contribution in [0.3, 0.4) is 0 Å². The van der Waals surface area contributed by atoms with Gasteiger partial charge < -0.3 is 10.2 Å². The maximum Gasteiger partial charge on any atom is 0.237 e. The van der Waals surface area contributed by atoms with Crippen molar-refractivity contribution in [1.82, 2.24) is 14.8 Å². The highest BCUT2D eigenvalue weighted by Crippen LogP contribution is 2.21. The quantitative estimate of drug-likeness (QED) is 0.916. The van der Waals surface area contributed by atoms with Crippen molar-refractivity contribution in [2.75, 3.05) is 31.5 Å². The smallest absolute Gasteiger partial charge is 0.237 e. The van der Waals surface area contributed by atoms with Crippen LogP contribution in [0.25, 0.3) is 10.9 Å². The normalized spacial score (nSPS) is 23.3. The highest BCUT2D eigenvalue weighted by atomic mass is 16.2. The molecule has 0 saturated carbocycles. The lowest BCUT2D eigenvalue weighted by atomic mass is 10.2. The molecule has 2 aliphatic rings. The van der Waals surface area contributed by atoms with E-state index in [4.69, 9.17) is 5.26 Å². The molecule has 1 aromatic carbocycles. The van der Waals surface area contributed by atoms with Gasteiger partial charge in [0.2, 0.25) is 5.91 Å². The Labute approximate surface area is 153 Å². The molecule has 1 N–H and O–H groups in total. The third-order valence-corrected chi connectivity index (χ3v) is 5.33. The second-order valence-electron chi connectivity index (χ2n) is 7.15. The first-order valence-electron chi connectivity index (χ1n) is 9.26. The third-order valence-electron chi connectivity index (χ3n) is 5.33. The number of likely N-dealkylation sites (tertiary alicyclic amines) is 2. The van der Waals surface area contributed by atoms with E-state index in [2.05, 4.69) is 39.5 Å². The highest BCUT2D eigenvalue weighted by molar-refractivity contribution is 5.82. The van der Waals surface area contributed by atoms with Crippen LogP contribution in [0.2, 0.25) is 0 Å². The maximum absolute atomic E-state index is 12.5. The van der Waals surface area contributed by atoms with Crippen molar-refractivity contribution in [2.24, 2.45) is 0 Å². The summed E-state index contributed by atoms with van der Waals surface area (Å²) in [6.07, 6.45) is 4.56. The van der Waals surface area contributed by atoms with Crippen LogP contribution in [0.5, 0.6) is 0 Å². The van der Waals surface area contributed by atoms with Gasteiger partial charge in [0.1, 0.15) is 6.04 Å². The van der Waals surface area contributed by atoms with Crippen LogP contribution >= 0.6 is 0 Å². The van der Waals surface area contributed by atoms with Gasteiger partial charge in [0, 0.05) is 42.9 Å². The van der Waals surface area contributed by atoms with Gasteiger partial charge in [-0.25, -0.2) is 0 Å². The number of hydrogen-bond donors (Lipinski definition) is 1. The first-order valence-corrected chi connectivity index (χ1v) is 9.26. The summed E-state index contributed by atoms with van der Waals surface area (Å²) in [6, 6.07) is 12.6. The molecule has 6 heteroatoms. The lowest BCUT2D eigenvalue weighted by Crippen LogP contribution is -2.42. The molecule has 4 rings (SSSR count). The van der Waals surface area contributed by atoms with Crippen molar-refractivity contribution in [2.45, 2.75) is 31.3 Å². The Hall–Kier alpha value is -2.65. The van der Waals surface area contributed by atoms with Crippen molar-refractivity contribution < 1.29 is 4.79 Å². The van der Waals surface area contributed by atoms with Gasteiger partial charge in [-0.05, 0) is 43.5 Å². The molecule has 134 valence electrons. The Morgan fingerprint density at radius 2 is 2.23 bits per heavy atom. The number of pyridine rings is 1. The molecule has 0 spiro atoms. The minimum atomic E-state index is -0.231. The Bertz CT molecular complexity index is 845. The summed E-state index contributed by atoms with van der Waals surface area (Å²) in [5, 5.41) is 13.9. The fraction of sp³-hybridized carbons (Fsp3) is 0.450. The van der Waals surface area contributed by atoms with Crippen molar-refractivity contribution in [3.8, 4) is 6.07 Å². The van der Waals surface area contributed by atoms with Crippen LogP contribution in [0, 0.1) is 11.3 Å². The van der Waals surface area contributed by atoms with Crippen molar-refractivity contribution >= 4 is 22.5 Å². The molecular formula is C20H23N5O. The molecule has 2 aromatic rings. The highest BCUT2D eigenvalue weighted by Gasteiger charge is 2.31. The summed E-state index contributed by atoms with van der Waals surface area (Å²) in [4.78, 5) is 20.8. The SMILES string of the molecule is N#CC1CCCN1C(=O)CN1CC[C@H](Nc2ccc3ncccc3c2)C1. The molecule has 0 radical (unpaired) electrons. The minimum Gasteiger partial charge on any atom is -0.381 e. The van der Waals surface area contributed by atoms with Gasteiger partial charge >= 0.3 is 0 Å². The summed E-state index contributed by atoms with van der Waals surface area (Å²) >= 11 is 0. The number of nitriles is 1. The number of amides is 1. The summed E-state index contributed by atoms with van der Waals surface area (Å²) in [5.41, 5.74) is 2.09. The van der Waals surface area contributed by atoms with E-state index >= 15 is 0 Å². The van der Waals surface area contributed by atoms with Crippen LogP contribution in [-0.4, -0.2) is 59.0 Å². The van der Waals surface area contributed by atoms with Crippen LogP contribution in [-0.2, 0) is 4.79 Å². The van der Waals surface area contributed by atoms with E-state index in [-0.39, 0.29) is 11.9 Å². The number of nitrogens with zero attached hydrogens (tertiary/aromatic N) is 4. The Morgan fingerprint density at radius 1 is 1.31 bits per heavy atom. The Morgan fingerprint density at radius 3 is 3.12 bits per heavy atom. The summed E-state index contributed by atoms with van der Waals surface area (Å²) in [5.74, 6) is 0.0893. The maximum atomic E-state index is 12.5. The number of hydrogen-bond acceptors (Lipinski definition) is 5. The first kappa shape index (κ1) is 16.8. The number of anilines is 1. The molecule has 2 saturated heterocycles. The molecule has 3 heterocycles. The summed E-state index contributed by atoms with van der Waals surface area (Å²) in [6.45, 7) is 2.89. The van der Waals surface area contributed by atoms with Gasteiger partial charge in [0.25, 0.3) is 0 Å². The van der Waals surface area contributed by atoms with E-state index < -0.39 is 0 Å². The second kappa shape index (κ2) is 7.30. The predicted octanol–water partition coefficient (Wildman–Crippen LogP) is 2.24. The third kappa shape index (κ3) is 3.49. The lowest BCUT2D eigenvalue weighted by Gasteiger charge is -2.23. The summed E-state index contributed by atoms with van der Waals surface area (Å²) < 4.78 is 0. The molecule has 1 unspecified atom stereocenters. The zero-order valence-corrected chi connectivity index (χ0v) is 14.8. The van der Waals surface area contributed by atoms with E-state index in [0.29, 0.717) is 12.6 Å². The van der Waals surface area contributed by atoms with Crippen LogP contribution in [0.1, 0.15) is 19.3 Å². The van der Waals surface area contributed by atoms with Gasteiger partial charge in [-0.15, -0.1) is 0 Å². The molecule has 2 fully saturated rings. The van der Waals surface area contributed by atoms with Crippen LogP contribution in [0.4, 0.5) is 5.69 Å². The van der Waals surface area contributed by atoms with E-state index in [9.17, 15) is 4.79 Å². The van der Waals surface area contributed by atoms with Crippen molar-refractivity contribution in [3.63, 3.8) is 0 Å². The molecule has 0 aliphatic carbocycles. The number of rotatable bonds is 4. The molecule has 0 bridgehead atoms. The Kier molecular flexibility index (Phi) is 4.72. The van der Waals surface area contributed by atoms with Gasteiger partial charge in [-0.2, -0.15) is 5.26 Å². The van der Waals surface area contributed by atoms with Crippen LogP contribution < -0.4 is 5.32 Å². The topological polar surface area (TPSA) is 72.3 Å². The molecule has 1 amide bonds. The van der Waals surface area contributed by atoms with E-state index in [0.717, 1.165) is 55.5 Å². The lowest BCUT2D eigenvalue weighted by molar-refractivity contribution is -0.132. The van der Waals surface area contributed by atoms with Gasteiger partial charge in [-0.1, -0.05) is 6.07 Å². The number of carbonyl (C=O) groups is 1. The van der Waals surface area contributed by atoms with Gasteiger partial charge in [-0.3, -0.25) is 14.7 Å². The number of aromatic nitrogens is 1. The standard InChI is InChI=1S/C20H23N5O/c21-12-18-4-2-9-25(18)20(26)14-24-10-7-17(13-24)23-16-5-6-19-15(11-16)3-1-8-22-19/h1,3,5-6,8,11,17-18,23H,2,4,7,9-10,13-14H2/t17-,18?/m0/s1. The molecule has 2 aliphatic heterocycles. The van der Waals surface area contributed by atoms with Crippen LogP contribution in [0.15, 0.2) is 36.5 Å². The molecule has 6 nitrogen and oxygen atoms in total. The number of carbonyl (C=O) groups excluding carboxylic acids is 1. The van der Waals surface area contributed by atoms with Gasteiger partial charge in [0.15, 0.2) is 0 Å². The number of fused-ring (bicyclic) bond motifs is 1. The van der Waals surface area contributed by atoms with E-state index in [1.807, 2.05) is 12.1 Å². The first-order chi connectivity index (χ1) is 12.7. The fourth-order valence-corrected chi connectivity index (χ4v) is 3.98. The fourth-order valence-electron chi connectivity index (χ4n) is 3.98. The second-order valence-corrected chi connectivity index (χ2v) is 7.15. The van der Waals surface area contributed by atoms with Crippen molar-refractivity contribution in [3.05, 3.63) is 36.5 Å². The summed E-state index contributed by atoms with van der Waals surface area (Å²) in [7, 11) is 0.